The van der Waals surface area contributed by atoms with E-state index < -0.39 is 10.0 Å². The molecule has 22 heavy (non-hydrogen) atoms. The zero-order chi connectivity index (χ0) is 15.9. The Labute approximate surface area is 129 Å². The first-order valence-corrected chi connectivity index (χ1v) is 8.47. The molecule has 0 radical (unpaired) electrons. The molecule has 0 spiro atoms. The molecule has 2 aromatic rings. The molecule has 1 saturated heterocycles. The molecule has 120 valence electrons. The first kappa shape index (κ1) is 15.2. The summed E-state index contributed by atoms with van der Waals surface area (Å²) in [5.74, 6) is 0.645. The van der Waals surface area contributed by atoms with Crippen molar-refractivity contribution in [2.45, 2.75) is 30.5 Å². The topological polar surface area (TPSA) is 91.0 Å². The fraction of sp³-hybridized carbons (Fsp3) is 0.538. The number of ether oxygens (including phenoxy) is 1. The number of nitrogens with zero attached hydrogens (tertiary/aromatic N) is 4. The number of sulfonamides is 1. The summed E-state index contributed by atoms with van der Waals surface area (Å²) in [5, 5.41) is 4.14. The lowest BCUT2D eigenvalue weighted by Gasteiger charge is -2.18. The van der Waals surface area contributed by atoms with E-state index in [1.165, 1.54) is 6.20 Å². The molecule has 2 atom stereocenters. The molecular formula is C13H19N5O3S. The Morgan fingerprint density at radius 1 is 1.36 bits per heavy atom. The van der Waals surface area contributed by atoms with Gasteiger partial charge in [-0.2, -0.15) is 5.10 Å². The van der Waals surface area contributed by atoms with Crippen molar-refractivity contribution in [2.75, 3.05) is 6.61 Å². The summed E-state index contributed by atoms with van der Waals surface area (Å²) in [6, 6.07) is -0.323. The third kappa shape index (κ3) is 2.79. The van der Waals surface area contributed by atoms with Crippen LogP contribution in [-0.2, 0) is 28.9 Å². The highest BCUT2D eigenvalue weighted by Gasteiger charge is 2.34. The Morgan fingerprint density at radius 3 is 2.73 bits per heavy atom. The minimum Gasteiger partial charge on any atom is -0.372 e. The van der Waals surface area contributed by atoms with Gasteiger partial charge in [0.2, 0.25) is 0 Å². The Kier molecular flexibility index (Phi) is 3.79. The standard InChI is InChI=1S/C13H19N5O3S/c1-9-15-12(8-17(9)2)22(19,20)16-11-4-5-21-13(11)10-6-14-18(3)7-10/h6-8,11,13,16H,4-5H2,1-3H3/t11-,13+/m0/s1. The van der Waals surface area contributed by atoms with Crippen molar-refractivity contribution in [1.29, 1.82) is 0 Å². The van der Waals surface area contributed by atoms with E-state index in [1.807, 2.05) is 13.2 Å². The van der Waals surface area contributed by atoms with Crippen molar-refractivity contribution in [3.63, 3.8) is 0 Å². The second-order valence-corrected chi connectivity index (χ2v) is 7.15. The normalized spacial score (nSPS) is 22.3. The number of nitrogens with one attached hydrogen (secondary N) is 1. The lowest BCUT2D eigenvalue weighted by molar-refractivity contribution is 0.102. The summed E-state index contributed by atoms with van der Waals surface area (Å²) in [6.07, 6.45) is 5.33. The molecule has 1 N–H and O–H groups in total. The second kappa shape index (κ2) is 5.49. The fourth-order valence-electron chi connectivity index (χ4n) is 2.54. The second-order valence-electron chi connectivity index (χ2n) is 5.49. The molecule has 9 heteroatoms. The van der Waals surface area contributed by atoms with E-state index in [2.05, 4.69) is 14.8 Å². The Balaban J connectivity index is 1.82. The van der Waals surface area contributed by atoms with Crippen LogP contribution >= 0.6 is 0 Å². The zero-order valence-electron chi connectivity index (χ0n) is 12.7. The monoisotopic (exact) mass is 325 g/mol. The van der Waals surface area contributed by atoms with Gasteiger partial charge in [-0.1, -0.05) is 0 Å². The number of hydrogen-bond acceptors (Lipinski definition) is 5. The number of hydrogen-bond donors (Lipinski definition) is 1. The van der Waals surface area contributed by atoms with Crippen LogP contribution in [0.1, 0.15) is 23.9 Å². The van der Waals surface area contributed by atoms with E-state index in [0.717, 1.165) is 5.56 Å². The summed E-state index contributed by atoms with van der Waals surface area (Å²) in [5.41, 5.74) is 0.866. The van der Waals surface area contributed by atoms with E-state index in [1.54, 1.807) is 29.4 Å². The average Bonchev–Trinajstić information content (AvgIpc) is 3.12. The van der Waals surface area contributed by atoms with E-state index in [0.29, 0.717) is 18.9 Å². The Morgan fingerprint density at radius 2 is 2.14 bits per heavy atom. The molecular weight excluding hydrogens is 306 g/mol. The van der Waals surface area contributed by atoms with Crippen LogP contribution in [0.3, 0.4) is 0 Å². The maximum atomic E-state index is 12.5. The summed E-state index contributed by atoms with van der Waals surface area (Å²) in [6.45, 7) is 2.27. The van der Waals surface area contributed by atoms with Crippen LogP contribution < -0.4 is 4.72 Å². The maximum Gasteiger partial charge on any atom is 0.259 e. The van der Waals surface area contributed by atoms with E-state index in [4.69, 9.17) is 4.74 Å². The highest BCUT2D eigenvalue weighted by atomic mass is 32.2. The van der Waals surface area contributed by atoms with Gasteiger partial charge in [0.05, 0.1) is 12.2 Å². The van der Waals surface area contributed by atoms with Gasteiger partial charge in [0, 0.05) is 38.7 Å². The van der Waals surface area contributed by atoms with Crippen molar-refractivity contribution in [3.05, 3.63) is 30.0 Å². The van der Waals surface area contributed by atoms with Gasteiger partial charge >= 0.3 is 0 Å². The largest absolute Gasteiger partial charge is 0.372 e. The molecule has 1 fully saturated rings. The van der Waals surface area contributed by atoms with Gasteiger partial charge in [-0.05, 0) is 13.3 Å². The average molecular weight is 325 g/mol. The molecule has 0 saturated carbocycles. The highest BCUT2D eigenvalue weighted by molar-refractivity contribution is 7.89. The van der Waals surface area contributed by atoms with Crippen LogP contribution in [0.4, 0.5) is 0 Å². The van der Waals surface area contributed by atoms with Crippen molar-refractivity contribution in [2.24, 2.45) is 14.1 Å². The minimum absolute atomic E-state index is 0.0318. The van der Waals surface area contributed by atoms with Crippen LogP contribution in [0, 0.1) is 6.92 Å². The van der Waals surface area contributed by atoms with Crippen molar-refractivity contribution in [1.82, 2.24) is 24.1 Å². The number of rotatable bonds is 4. The third-order valence-corrected chi connectivity index (χ3v) is 5.17. The lowest BCUT2D eigenvalue weighted by Crippen LogP contribution is -2.36. The number of imidazole rings is 1. The van der Waals surface area contributed by atoms with Gasteiger partial charge in [-0.3, -0.25) is 4.68 Å². The summed E-state index contributed by atoms with van der Waals surface area (Å²) in [4.78, 5) is 4.08. The first-order valence-electron chi connectivity index (χ1n) is 6.99. The van der Waals surface area contributed by atoms with Crippen LogP contribution in [0.2, 0.25) is 0 Å². The Bertz CT molecular complexity index is 760. The molecule has 0 bridgehead atoms. The molecule has 2 aromatic heterocycles. The van der Waals surface area contributed by atoms with Gasteiger partial charge < -0.3 is 9.30 Å². The fourth-order valence-corrected chi connectivity index (χ4v) is 3.85. The number of aromatic nitrogens is 4. The van der Waals surface area contributed by atoms with Crippen LogP contribution in [0.25, 0.3) is 0 Å². The molecule has 0 unspecified atom stereocenters. The molecule has 8 nitrogen and oxygen atoms in total. The maximum absolute atomic E-state index is 12.5. The van der Waals surface area contributed by atoms with Crippen molar-refractivity contribution in [3.8, 4) is 0 Å². The molecule has 0 amide bonds. The van der Waals surface area contributed by atoms with Gasteiger partial charge in [0.25, 0.3) is 10.0 Å². The van der Waals surface area contributed by atoms with Gasteiger partial charge in [-0.25, -0.2) is 18.1 Å². The van der Waals surface area contributed by atoms with Gasteiger partial charge in [0.15, 0.2) is 5.03 Å². The summed E-state index contributed by atoms with van der Waals surface area (Å²) in [7, 11) is -0.0925. The van der Waals surface area contributed by atoms with E-state index in [9.17, 15) is 8.42 Å². The molecule has 3 heterocycles. The van der Waals surface area contributed by atoms with Gasteiger partial charge in [-0.15, -0.1) is 0 Å². The highest BCUT2D eigenvalue weighted by Crippen LogP contribution is 2.29. The van der Waals surface area contributed by atoms with Crippen LogP contribution in [-0.4, -0.2) is 40.4 Å². The summed E-state index contributed by atoms with van der Waals surface area (Å²) < 4.78 is 36.7. The zero-order valence-corrected chi connectivity index (χ0v) is 13.5. The number of aryl methyl sites for hydroxylation is 3. The SMILES string of the molecule is Cc1nc(S(=O)(=O)N[C@H]2CCO[C@@H]2c2cnn(C)c2)cn1C. The first-order chi connectivity index (χ1) is 10.4. The quantitative estimate of drug-likeness (QED) is 0.871. The molecule has 0 aliphatic carbocycles. The lowest BCUT2D eigenvalue weighted by atomic mass is 10.1. The summed E-state index contributed by atoms with van der Waals surface area (Å²) >= 11 is 0. The molecule has 0 aromatic carbocycles. The van der Waals surface area contributed by atoms with Crippen LogP contribution in [0.15, 0.2) is 23.6 Å². The van der Waals surface area contributed by atoms with E-state index >= 15 is 0 Å². The smallest absolute Gasteiger partial charge is 0.259 e. The Hall–Kier alpha value is -1.71. The third-order valence-electron chi connectivity index (χ3n) is 3.81. The minimum atomic E-state index is -3.67. The molecule has 1 aliphatic rings. The van der Waals surface area contributed by atoms with Crippen molar-refractivity contribution >= 4 is 10.0 Å². The van der Waals surface area contributed by atoms with E-state index in [-0.39, 0.29) is 17.2 Å². The molecule has 3 rings (SSSR count). The van der Waals surface area contributed by atoms with Gasteiger partial charge in [0.1, 0.15) is 11.9 Å². The predicted molar refractivity (Wildman–Crippen MR) is 78.6 cm³/mol. The molecule has 1 aliphatic heterocycles. The van der Waals surface area contributed by atoms with Crippen LogP contribution in [0.5, 0.6) is 0 Å². The van der Waals surface area contributed by atoms with Crippen molar-refractivity contribution < 1.29 is 13.2 Å². The predicted octanol–water partition coefficient (Wildman–Crippen LogP) is 0.271.